The fraction of sp³-hybridized carbons (Fsp3) is 0.500. The highest BCUT2D eigenvalue weighted by Gasteiger charge is 2.38. The molecule has 1 saturated carbocycles. The molecule has 1 aliphatic heterocycles. The van der Waals surface area contributed by atoms with Crippen LogP contribution in [0.5, 0.6) is 0 Å². The van der Waals surface area contributed by atoms with Crippen molar-refractivity contribution in [2.45, 2.75) is 38.5 Å². The molecule has 2 amide bonds. The Morgan fingerprint density at radius 3 is 2.84 bits per heavy atom. The van der Waals surface area contributed by atoms with E-state index in [1.807, 2.05) is 42.2 Å². The number of amides is 2. The number of ether oxygens (including phenoxy) is 1. The molecule has 2 aromatic rings. The van der Waals surface area contributed by atoms with Gasteiger partial charge in [0, 0.05) is 13.1 Å². The first kappa shape index (κ1) is 16.1. The third-order valence-electron chi connectivity index (χ3n) is 4.74. The smallest absolute Gasteiger partial charge is 0.317 e. The highest BCUT2D eigenvalue weighted by atomic mass is 16.5. The number of urea groups is 1. The van der Waals surface area contributed by atoms with Gasteiger partial charge in [-0.05, 0) is 37.8 Å². The first-order valence-electron chi connectivity index (χ1n) is 8.83. The second-order valence-electron chi connectivity index (χ2n) is 6.81. The van der Waals surface area contributed by atoms with Gasteiger partial charge in [-0.2, -0.15) is 5.10 Å². The number of aromatic nitrogens is 3. The summed E-state index contributed by atoms with van der Waals surface area (Å²) in [6, 6.07) is 9.72. The Balaban J connectivity index is 1.38. The van der Waals surface area contributed by atoms with Gasteiger partial charge in [0.2, 0.25) is 0 Å². The molecule has 1 N–H and O–H groups in total. The van der Waals surface area contributed by atoms with E-state index in [1.165, 1.54) is 19.2 Å². The van der Waals surface area contributed by atoms with Gasteiger partial charge in [0.05, 0.1) is 24.4 Å². The maximum atomic E-state index is 12.6. The number of hydrogen-bond donors (Lipinski definition) is 1. The van der Waals surface area contributed by atoms with E-state index in [1.54, 1.807) is 4.68 Å². The molecular formula is C18H23N5O2. The molecule has 7 nitrogen and oxygen atoms in total. The van der Waals surface area contributed by atoms with E-state index in [2.05, 4.69) is 15.4 Å². The molecule has 0 spiro atoms. The lowest BCUT2D eigenvalue weighted by Crippen LogP contribution is -2.52. The lowest BCUT2D eigenvalue weighted by molar-refractivity contribution is -0.0731. The van der Waals surface area contributed by atoms with Crippen LogP contribution in [0.2, 0.25) is 0 Å². The van der Waals surface area contributed by atoms with E-state index in [-0.39, 0.29) is 18.2 Å². The van der Waals surface area contributed by atoms with Crippen molar-refractivity contribution in [3.63, 3.8) is 0 Å². The number of nitrogens with zero attached hydrogens (tertiary/aromatic N) is 4. The summed E-state index contributed by atoms with van der Waals surface area (Å²) in [7, 11) is 0. The predicted octanol–water partition coefficient (Wildman–Crippen LogP) is 1.98. The third-order valence-corrected chi connectivity index (χ3v) is 4.74. The SMILES string of the molecule is C[C@@H]1CN(C(=O)NCc2ncnn2-c2ccccc2)C[C@@H](C2CC2)O1. The van der Waals surface area contributed by atoms with Crippen molar-refractivity contribution in [3.8, 4) is 5.69 Å². The lowest BCUT2D eigenvalue weighted by atomic mass is 10.1. The summed E-state index contributed by atoms with van der Waals surface area (Å²) >= 11 is 0. The predicted molar refractivity (Wildman–Crippen MR) is 92.2 cm³/mol. The van der Waals surface area contributed by atoms with E-state index in [9.17, 15) is 4.79 Å². The zero-order chi connectivity index (χ0) is 17.2. The molecule has 1 saturated heterocycles. The van der Waals surface area contributed by atoms with Gasteiger partial charge in [-0.15, -0.1) is 0 Å². The Bertz CT molecular complexity index is 728. The number of morpholine rings is 1. The number of benzene rings is 1. The van der Waals surface area contributed by atoms with Crippen molar-refractivity contribution >= 4 is 6.03 Å². The Labute approximate surface area is 147 Å². The van der Waals surface area contributed by atoms with Crippen molar-refractivity contribution in [2.75, 3.05) is 13.1 Å². The first-order valence-corrected chi connectivity index (χ1v) is 8.83. The molecule has 2 aliphatic rings. The van der Waals surface area contributed by atoms with E-state index < -0.39 is 0 Å². The van der Waals surface area contributed by atoms with E-state index in [4.69, 9.17) is 4.74 Å². The van der Waals surface area contributed by atoms with Gasteiger partial charge in [0.15, 0.2) is 5.82 Å². The number of carbonyl (C=O) groups is 1. The van der Waals surface area contributed by atoms with Crippen molar-refractivity contribution in [1.82, 2.24) is 25.0 Å². The molecule has 25 heavy (non-hydrogen) atoms. The molecule has 1 aromatic carbocycles. The molecule has 0 unspecified atom stereocenters. The quantitative estimate of drug-likeness (QED) is 0.923. The zero-order valence-corrected chi connectivity index (χ0v) is 14.3. The Hall–Kier alpha value is -2.41. The van der Waals surface area contributed by atoms with Gasteiger partial charge in [-0.1, -0.05) is 18.2 Å². The van der Waals surface area contributed by atoms with Gasteiger partial charge in [-0.25, -0.2) is 14.5 Å². The fourth-order valence-corrected chi connectivity index (χ4v) is 3.32. The van der Waals surface area contributed by atoms with Crippen LogP contribution in [0.25, 0.3) is 5.69 Å². The van der Waals surface area contributed by atoms with Gasteiger partial charge in [0.1, 0.15) is 6.33 Å². The van der Waals surface area contributed by atoms with Crippen LogP contribution in [0.4, 0.5) is 4.79 Å². The maximum absolute atomic E-state index is 12.6. The van der Waals surface area contributed by atoms with E-state index in [0.29, 0.717) is 31.4 Å². The first-order chi connectivity index (χ1) is 12.2. The molecule has 2 heterocycles. The average Bonchev–Trinajstić information content (AvgIpc) is 3.38. The van der Waals surface area contributed by atoms with Crippen LogP contribution >= 0.6 is 0 Å². The molecule has 7 heteroatoms. The van der Waals surface area contributed by atoms with Crippen molar-refractivity contribution in [2.24, 2.45) is 5.92 Å². The van der Waals surface area contributed by atoms with Crippen LogP contribution in [0, 0.1) is 5.92 Å². The second-order valence-corrected chi connectivity index (χ2v) is 6.81. The van der Waals surface area contributed by atoms with E-state index >= 15 is 0 Å². The molecule has 2 atom stereocenters. The largest absolute Gasteiger partial charge is 0.371 e. The van der Waals surface area contributed by atoms with Gasteiger partial charge >= 0.3 is 6.03 Å². The molecule has 1 aromatic heterocycles. The monoisotopic (exact) mass is 341 g/mol. The Morgan fingerprint density at radius 2 is 2.08 bits per heavy atom. The summed E-state index contributed by atoms with van der Waals surface area (Å²) < 4.78 is 7.72. The van der Waals surface area contributed by atoms with Crippen LogP contribution in [0.15, 0.2) is 36.7 Å². The number of nitrogens with one attached hydrogen (secondary N) is 1. The molecule has 0 bridgehead atoms. The minimum atomic E-state index is -0.0663. The second kappa shape index (κ2) is 6.84. The minimum Gasteiger partial charge on any atom is -0.371 e. The van der Waals surface area contributed by atoms with Crippen LogP contribution in [-0.2, 0) is 11.3 Å². The summed E-state index contributed by atoms with van der Waals surface area (Å²) in [5, 5.41) is 7.23. The Kier molecular flexibility index (Phi) is 4.40. The summed E-state index contributed by atoms with van der Waals surface area (Å²) in [5.74, 6) is 1.33. The number of carbonyl (C=O) groups excluding carboxylic acids is 1. The van der Waals surface area contributed by atoms with Crippen LogP contribution in [-0.4, -0.2) is 51.0 Å². The Morgan fingerprint density at radius 1 is 1.28 bits per heavy atom. The lowest BCUT2D eigenvalue weighted by Gasteiger charge is -2.37. The molecule has 0 radical (unpaired) electrons. The zero-order valence-electron chi connectivity index (χ0n) is 14.3. The van der Waals surface area contributed by atoms with Gasteiger partial charge < -0.3 is 15.0 Å². The topological polar surface area (TPSA) is 72.3 Å². The molecular weight excluding hydrogens is 318 g/mol. The normalized spacial score (nSPS) is 23.5. The van der Waals surface area contributed by atoms with Crippen LogP contribution in [0.1, 0.15) is 25.6 Å². The summed E-state index contributed by atoms with van der Waals surface area (Å²) in [6.45, 7) is 3.67. The van der Waals surface area contributed by atoms with Crippen molar-refractivity contribution in [3.05, 3.63) is 42.5 Å². The van der Waals surface area contributed by atoms with Crippen LogP contribution in [0.3, 0.4) is 0 Å². The summed E-state index contributed by atoms with van der Waals surface area (Å²) in [6.07, 6.45) is 4.20. The van der Waals surface area contributed by atoms with Gasteiger partial charge in [0.25, 0.3) is 0 Å². The average molecular weight is 341 g/mol. The maximum Gasteiger partial charge on any atom is 0.317 e. The molecule has 132 valence electrons. The standard InChI is InChI=1S/C18H23N5O2/c1-13-10-22(11-16(25-13)14-7-8-14)18(24)19-9-17-20-12-21-23(17)15-5-3-2-4-6-15/h2-6,12-14,16H,7-11H2,1H3,(H,19,24)/t13-,16+/m1/s1. The summed E-state index contributed by atoms with van der Waals surface area (Å²) in [4.78, 5) is 18.7. The molecule has 2 fully saturated rings. The van der Waals surface area contributed by atoms with Crippen LogP contribution < -0.4 is 5.32 Å². The highest BCUT2D eigenvalue weighted by molar-refractivity contribution is 5.74. The number of rotatable bonds is 4. The number of hydrogen-bond acceptors (Lipinski definition) is 4. The third kappa shape index (κ3) is 3.66. The van der Waals surface area contributed by atoms with Crippen molar-refractivity contribution in [1.29, 1.82) is 0 Å². The fourth-order valence-electron chi connectivity index (χ4n) is 3.32. The molecule has 4 rings (SSSR count). The molecule has 1 aliphatic carbocycles. The van der Waals surface area contributed by atoms with E-state index in [0.717, 1.165) is 5.69 Å². The number of para-hydroxylation sites is 1. The summed E-state index contributed by atoms with van der Waals surface area (Å²) in [5.41, 5.74) is 0.929. The minimum absolute atomic E-state index is 0.0663. The van der Waals surface area contributed by atoms with Gasteiger partial charge in [-0.3, -0.25) is 0 Å². The highest BCUT2D eigenvalue weighted by Crippen LogP contribution is 2.36. The van der Waals surface area contributed by atoms with Crippen molar-refractivity contribution < 1.29 is 9.53 Å².